The van der Waals surface area contributed by atoms with Gasteiger partial charge in [0.05, 0.1) is 17.0 Å². The third kappa shape index (κ3) is 4.55. The Morgan fingerprint density at radius 2 is 1.79 bits per heavy atom. The Balaban J connectivity index is 1.63. The molecule has 1 aromatic carbocycles. The average Bonchev–Trinajstić information content (AvgIpc) is 3.37. The Bertz CT molecular complexity index is 990. The van der Waals surface area contributed by atoms with E-state index in [0.29, 0.717) is 10.6 Å². The number of esters is 1. The third-order valence-electron chi connectivity index (χ3n) is 4.08. The van der Waals surface area contributed by atoms with Gasteiger partial charge in [-0.2, -0.15) is 0 Å². The van der Waals surface area contributed by atoms with Crippen molar-refractivity contribution in [2.75, 3.05) is 13.7 Å². The van der Waals surface area contributed by atoms with Crippen LogP contribution in [0.3, 0.4) is 0 Å². The van der Waals surface area contributed by atoms with E-state index in [0.717, 1.165) is 5.76 Å². The van der Waals surface area contributed by atoms with Crippen LogP contribution >= 0.6 is 11.3 Å². The van der Waals surface area contributed by atoms with Crippen molar-refractivity contribution < 1.29 is 23.5 Å². The van der Waals surface area contributed by atoms with Gasteiger partial charge < -0.3 is 14.1 Å². The molecule has 144 valence electrons. The lowest BCUT2D eigenvalue weighted by Gasteiger charge is -2.16. The Kier molecular flexibility index (Phi) is 6.06. The van der Waals surface area contributed by atoms with Crippen molar-refractivity contribution in [3.05, 3.63) is 81.4 Å². The first-order valence-corrected chi connectivity index (χ1v) is 9.47. The Morgan fingerprint density at radius 3 is 2.43 bits per heavy atom. The molecule has 0 fully saturated rings. The van der Waals surface area contributed by atoms with Crippen LogP contribution < -0.4 is 0 Å². The van der Waals surface area contributed by atoms with Crippen LogP contribution in [0.15, 0.2) is 58.3 Å². The van der Waals surface area contributed by atoms with Gasteiger partial charge in [-0.15, -0.1) is 11.3 Å². The summed E-state index contributed by atoms with van der Waals surface area (Å²) in [4.78, 5) is 39.2. The van der Waals surface area contributed by atoms with E-state index in [4.69, 9.17) is 9.15 Å². The van der Waals surface area contributed by atoms with Gasteiger partial charge >= 0.3 is 5.97 Å². The number of hydrogen-bond donors (Lipinski definition) is 0. The van der Waals surface area contributed by atoms with E-state index in [-0.39, 0.29) is 29.4 Å². The maximum absolute atomic E-state index is 12.6. The maximum Gasteiger partial charge on any atom is 0.339 e. The first-order chi connectivity index (χ1) is 13.5. The number of ketones is 1. The van der Waals surface area contributed by atoms with Crippen LogP contribution in [0.25, 0.3) is 0 Å². The van der Waals surface area contributed by atoms with E-state index in [9.17, 15) is 14.4 Å². The zero-order chi connectivity index (χ0) is 20.1. The number of rotatable bonds is 7. The summed E-state index contributed by atoms with van der Waals surface area (Å²) in [5.41, 5.74) is 0.389. The molecular weight excluding hydrogens is 378 g/mol. The van der Waals surface area contributed by atoms with Gasteiger partial charge in [0.25, 0.3) is 5.91 Å². The van der Waals surface area contributed by atoms with Crippen molar-refractivity contribution >= 4 is 29.0 Å². The second-order valence-corrected chi connectivity index (χ2v) is 7.14. The van der Waals surface area contributed by atoms with Crippen LogP contribution in [0.1, 0.15) is 37.1 Å². The fraction of sp³-hybridized carbons (Fsp3) is 0.190. The summed E-state index contributed by atoms with van der Waals surface area (Å²) in [5.74, 6) is 0.0700. The van der Waals surface area contributed by atoms with Crippen molar-refractivity contribution in [2.45, 2.75) is 13.5 Å². The molecule has 1 amide bonds. The molecule has 0 aliphatic carbocycles. The zero-order valence-corrected chi connectivity index (χ0v) is 16.3. The molecule has 2 heterocycles. The number of amides is 1. The predicted molar refractivity (Wildman–Crippen MR) is 104 cm³/mol. The minimum absolute atomic E-state index is 0.137. The lowest BCUT2D eigenvalue weighted by atomic mass is 10.0. The molecule has 0 saturated heterocycles. The molecule has 0 aliphatic heterocycles. The van der Waals surface area contributed by atoms with Gasteiger partial charge in [0.15, 0.2) is 6.61 Å². The molecule has 7 heteroatoms. The molecule has 2 aromatic heterocycles. The highest BCUT2D eigenvalue weighted by atomic mass is 32.1. The van der Waals surface area contributed by atoms with Crippen LogP contribution in [0.4, 0.5) is 0 Å². The number of nitrogens with zero attached hydrogens (tertiary/aromatic N) is 1. The number of carbonyl (C=O) groups excluding carboxylic acids is 3. The number of benzene rings is 1. The largest absolute Gasteiger partial charge is 0.464 e. The molecule has 6 nitrogen and oxygen atoms in total. The summed E-state index contributed by atoms with van der Waals surface area (Å²) in [5, 5.41) is 1.79. The minimum Gasteiger partial charge on any atom is -0.464 e. The molecule has 28 heavy (non-hydrogen) atoms. The summed E-state index contributed by atoms with van der Waals surface area (Å²) >= 11 is 1.30. The molecule has 0 unspecified atom stereocenters. The predicted octanol–water partition coefficient (Wildman–Crippen LogP) is 3.70. The number of hydrogen-bond acceptors (Lipinski definition) is 6. The lowest BCUT2D eigenvalue weighted by Crippen LogP contribution is -2.30. The SMILES string of the molecule is Cc1ccc(CN(C)C(=O)COC(=O)c2ccccc2C(=O)c2cccs2)o1. The Morgan fingerprint density at radius 1 is 1.04 bits per heavy atom. The fourth-order valence-electron chi connectivity index (χ4n) is 2.61. The van der Waals surface area contributed by atoms with Crippen LogP contribution in [0.5, 0.6) is 0 Å². The van der Waals surface area contributed by atoms with Crippen molar-refractivity contribution in [3.8, 4) is 0 Å². The molecule has 0 saturated carbocycles. The monoisotopic (exact) mass is 397 g/mol. The van der Waals surface area contributed by atoms with E-state index in [1.807, 2.05) is 13.0 Å². The van der Waals surface area contributed by atoms with Gasteiger partial charge in [-0.25, -0.2) is 4.79 Å². The molecule has 0 bridgehead atoms. The van der Waals surface area contributed by atoms with Crippen LogP contribution in [-0.2, 0) is 16.1 Å². The van der Waals surface area contributed by atoms with E-state index in [1.165, 1.54) is 22.3 Å². The van der Waals surface area contributed by atoms with Gasteiger partial charge in [0.1, 0.15) is 11.5 Å². The number of ether oxygens (including phenoxy) is 1. The highest BCUT2D eigenvalue weighted by Crippen LogP contribution is 2.19. The van der Waals surface area contributed by atoms with Crippen LogP contribution in [-0.4, -0.2) is 36.2 Å². The number of carbonyl (C=O) groups is 3. The molecule has 0 spiro atoms. The zero-order valence-electron chi connectivity index (χ0n) is 15.5. The molecular formula is C21H19NO5S. The Labute approximate surface area is 166 Å². The second kappa shape index (κ2) is 8.67. The second-order valence-electron chi connectivity index (χ2n) is 6.19. The van der Waals surface area contributed by atoms with Gasteiger partial charge in [-0.1, -0.05) is 24.3 Å². The number of aryl methyl sites for hydroxylation is 1. The number of likely N-dealkylation sites (N-methyl/N-ethyl adjacent to an activating group) is 1. The maximum atomic E-state index is 12.6. The van der Waals surface area contributed by atoms with Crippen LogP contribution in [0.2, 0.25) is 0 Å². The van der Waals surface area contributed by atoms with Crippen molar-refractivity contribution in [1.82, 2.24) is 4.90 Å². The minimum atomic E-state index is -0.712. The number of furan rings is 1. The average molecular weight is 397 g/mol. The van der Waals surface area contributed by atoms with Gasteiger partial charge in [0.2, 0.25) is 5.78 Å². The Hall–Kier alpha value is -3.19. The fourth-order valence-corrected chi connectivity index (χ4v) is 3.28. The summed E-state index contributed by atoms with van der Waals surface area (Å²) < 4.78 is 10.6. The highest BCUT2D eigenvalue weighted by Gasteiger charge is 2.21. The number of thiophene rings is 1. The summed E-state index contributed by atoms with van der Waals surface area (Å²) in [6.07, 6.45) is 0. The van der Waals surface area contributed by atoms with E-state index in [1.54, 1.807) is 48.8 Å². The quantitative estimate of drug-likeness (QED) is 0.449. The van der Waals surface area contributed by atoms with E-state index in [2.05, 4.69) is 0 Å². The van der Waals surface area contributed by atoms with Gasteiger partial charge in [-0.05, 0) is 36.6 Å². The third-order valence-corrected chi connectivity index (χ3v) is 4.95. The molecule has 0 radical (unpaired) electrons. The van der Waals surface area contributed by atoms with Crippen molar-refractivity contribution in [3.63, 3.8) is 0 Å². The van der Waals surface area contributed by atoms with Gasteiger partial charge in [-0.3, -0.25) is 9.59 Å². The standard InChI is InChI=1S/C21H19NO5S/c1-14-9-10-15(27-14)12-22(2)19(23)13-26-21(25)17-7-4-3-6-16(17)20(24)18-8-5-11-28-18/h3-11H,12-13H2,1-2H3. The van der Waals surface area contributed by atoms with E-state index < -0.39 is 12.6 Å². The van der Waals surface area contributed by atoms with Crippen LogP contribution in [0, 0.1) is 6.92 Å². The molecule has 3 aromatic rings. The smallest absolute Gasteiger partial charge is 0.339 e. The highest BCUT2D eigenvalue weighted by molar-refractivity contribution is 7.12. The summed E-state index contributed by atoms with van der Waals surface area (Å²) in [7, 11) is 1.60. The first-order valence-electron chi connectivity index (χ1n) is 8.59. The molecule has 0 atom stereocenters. The summed E-state index contributed by atoms with van der Waals surface area (Å²) in [6.45, 7) is 1.68. The molecule has 3 rings (SSSR count). The van der Waals surface area contributed by atoms with Gasteiger partial charge in [0, 0.05) is 12.6 Å². The summed E-state index contributed by atoms with van der Waals surface area (Å²) in [6, 6.07) is 13.5. The topological polar surface area (TPSA) is 76.8 Å². The lowest BCUT2D eigenvalue weighted by molar-refractivity contribution is -0.134. The van der Waals surface area contributed by atoms with Crippen molar-refractivity contribution in [2.24, 2.45) is 0 Å². The van der Waals surface area contributed by atoms with E-state index >= 15 is 0 Å². The van der Waals surface area contributed by atoms with Crippen molar-refractivity contribution in [1.29, 1.82) is 0 Å². The first kappa shape index (κ1) is 19.6. The normalized spacial score (nSPS) is 10.5. The molecule has 0 aliphatic rings. The molecule has 0 N–H and O–H groups in total.